The number of hydrogen-bond donors (Lipinski definition) is 2. The van der Waals surface area contributed by atoms with Crippen LogP contribution in [0.3, 0.4) is 0 Å². The molecule has 0 aliphatic heterocycles. The number of ether oxygens (including phenoxy) is 1. The number of nitrogens with one attached hydrogen (secondary N) is 1. The molecule has 0 unspecified atom stereocenters. The second-order valence-corrected chi connectivity index (χ2v) is 5.49. The summed E-state index contributed by atoms with van der Waals surface area (Å²) in [7, 11) is 0. The summed E-state index contributed by atoms with van der Waals surface area (Å²) in [4.78, 5) is 12.1. The largest absolute Gasteiger partial charge is 0.487 e. The van der Waals surface area contributed by atoms with Crippen molar-refractivity contribution in [3.8, 4) is 5.75 Å². The van der Waals surface area contributed by atoms with Crippen LogP contribution in [0.4, 0.5) is 11.4 Å². The molecule has 0 aliphatic rings. The molecule has 0 aliphatic carbocycles. The van der Waals surface area contributed by atoms with Gasteiger partial charge in [0, 0.05) is 11.8 Å². The van der Waals surface area contributed by atoms with Crippen LogP contribution in [0.15, 0.2) is 55.1 Å². The Hall–Kier alpha value is -3.01. The lowest BCUT2D eigenvalue weighted by molar-refractivity contribution is -0.111. The number of amides is 1. The van der Waals surface area contributed by atoms with Crippen molar-refractivity contribution < 1.29 is 9.53 Å². The first-order valence-corrected chi connectivity index (χ1v) is 7.69. The van der Waals surface area contributed by atoms with Gasteiger partial charge in [-0.05, 0) is 48.7 Å². The molecule has 0 spiro atoms. The smallest absolute Gasteiger partial charge is 0.248 e. The van der Waals surface area contributed by atoms with Gasteiger partial charge < -0.3 is 15.8 Å². The van der Waals surface area contributed by atoms with Crippen molar-refractivity contribution in [1.29, 1.82) is 0 Å². The number of nitrogen functional groups attached to an aromatic ring is 1. The van der Waals surface area contributed by atoms with E-state index in [-0.39, 0.29) is 5.91 Å². The lowest BCUT2D eigenvalue weighted by atomic mass is 10.1. The van der Waals surface area contributed by atoms with Crippen LogP contribution in [0.25, 0.3) is 6.08 Å². The quantitative estimate of drug-likeness (QED) is 0.478. The van der Waals surface area contributed by atoms with Crippen LogP contribution in [-0.4, -0.2) is 12.5 Å². The number of carbonyl (C=O) groups excluding carboxylic acids is 1. The van der Waals surface area contributed by atoms with Gasteiger partial charge in [0.1, 0.15) is 12.4 Å². The van der Waals surface area contributed by atoms with Crippen LogP contribution in [0, 0.1) is 13.8 Å². The highest BCUT2D eigenvalue weighted by atomic mass is 16.5. The van der Waals surface area contributed by atoms with Gasteiger partial charge in [0.05, 0.1) is 5.69 Å². The third kappa shape index (κ3) is 4.49. The molecule has 2 aromatic carbocycles. The molecule has 2 aromatic rings. The fraction of sp³-hybridized carbons (Fsp3) is 0.150. The molecule has 0 radical (unpaired) electrons. The van der Waals surface area contributed by atoms with Crippen molar-refractivity contribution in [1.82, 2.24) is 0 Å². The fourth-order valence-electron chi connectivity index (χ4n) is 2.30. The van der Waals surface area contributed by atoms with Gasteiger partial charge in [0.2, 0.25) is 5.91 Å². The maximum Gasteiger partial charge on any atom is 0.248 e. The lowest BCUT2D eigenvalue weighted by Crippen LogP contribution is -2.10. The molecule has 0 heterocycles. The Labute approximate surface area is 142 Å². The Morgan fingerprint density at radius 1 is 1.25 bits per heavy atom. The topological polar surface area (TPSA) is 64.3 Å². The van der Waals surface area contributed by atoms with Crippen LogP contribution in [0.2, 0.25) is 0 Å². The third-order valence-corrected chi connectivity index (χ3v) is 3.55. The standard InChI is InChI=1S/C20H22N2O2/c1-4-12-24-18-10-8-16(13-17(18)21)9-11-19(23)22-20-14(2)6-5-7-15(20)3/h4-11,13H,1,12,21H2,2-3H3,(H,22,23)/b11-9-. The highest BCUT2D eigenvalue weighted by Crippen LogP contribution is 2.23. The molecule has 2 rings (SSSR count). The molecule has 0 atom stereocenters. The molecule has 4 nitrogen and oxygen atoms in total. The molecule has 124 valence electrons. The first-order valence-electron chi connectivity index (χ1n) is 7.69. The monoisotopic (exact) mass is 322 g/mol. The second-order valence-electron chi connectivity index (χ2n) is 5.49. The normalized spacial score (nSPS) is 10.6. The Morgan fingerprint density at radius 3 is 2.58 bits per heavy atom. The van der Waals surface area contributed by atoms with E-state index in [0.717, 1.165) is 22.4 Å². The second kappa shape index (κ2) is 8.02. The molecule has 0 aromatic heterocycles. The predicted octanol–water partition coefficient (Wildman–Crippen LogP) is 4.10. The van der Waals surface area contributed by atoms with Gasteiger partial charge in [-0.3, -0.25) is 4.79 Å². The zero-order valence-corrected chi connectivity index (χ0v) is 14.0. The van der Waals surface area contributed by atoms with E-state index in [1.807, 2.05) is 38.1 Å². The highest BCUT2D eigenvalue weighted by molar-refractivity contribution is 6.02. The van der Waals surface area contributed by atoms with E-state index in [1.54, 1.807) is 24.3 Å². The first-order chi connectivity index (χ1) is 11.5. The minimum atomic E-state index is -0.182. The molecule has 1 amide bonds. The summed E-state index contributed by atoms with van der Waals surface area (Å²) in [6, 6.07) is 11.3. The number of benzene rings is 2. The van der Waals surface area contributed by atoms with E-state index in [4.69, 9.17) is 10.5 Å². The summed E-state index contributed by atoms with van der Waals surface area (Å²) >= 11 is 0. The van der Waals surface area contributed by atoms with E-state index < -0.39 is 0 Å². The molecule has 0 fully saturated rings. The van der Waals surface area contributed by atoms with Crippen molar-refractivity contribution >= 4 is 23.4 Å². The van der Waals surface area contributed by atoms with Gasteiger partial charge in [0.15, 0.2) is 0 Å². The number of hydrogen-bond acceptors (Lipinski definition) is 3. The van der Waals surface area contributed by atoms with Crippen molar-refractivity contribution in [3.63, 3.8) is 0 Å². The summed E-state index contributed by atoms with van der Waals surface area (Å²) in [6.07, 6.45) is 4.87. The van der Waals surface area contributed by atoms with E-state index in [9.17, 15) is 4.79 Å². The van der Waals surface area contributed by atoms with Crippen LogP contribution >= 0.6 is 0 Å². The van der Waals surface area contributed by atoms with E-state index >= 15 is 0 Å². The Kier molecular flexibility index (Phi) is 5.79. The molecular weight excluding hydrogens is 300 g/mol. The summed E-state index contributed by atoms with van der Waals surface area (Å²) < 4.78 is 5.43. The zero-order valence-electron chi connectivity index (χ0n) is 14.0. The average molecular weight is 322 g/mol. The van der Waals surface area contributed by atoms with Crippen LogP contribution in [0.1, 0.15) is 16.7 Å². The molecule has 0 saturated carbocycles. The van der Waals surface area contributed by atoms with Crippen molar-refractivity contribution in [2.75, 3.05) is 17.7 Å². The van der Waals surface area contributed by atoms with Gasteiger partial charge >= 0.3 is 0 Å². The molecule has 3 N–H and O–H groups in total. The predicted molar refractivity (Wildman–Crippen MR) is 100 cm³/mol. The Bertz CT molecular complexity index is 759. The van der Waals surface area contributed by atoms with Crippen molar-refractivity contribution in [2.45, 2.75) is 13.8 Å². The number of carbonyl (C=O) groups is 1. The molecule has 0 bridgehead atoms. The number of nitrogens with two attached hydrogens (primary N) is 1. The van der Waals surface area contributed by atoms with Crippen LogP contribution in [0.5, 0.6) is 5.75 Å². The third-order valence-electron chi connectivity index (χ3n) is 3.55. The zero-order chi connectivity index (χ0) is 17.5. The van der Waals surface area contributed by atoms with Gasteiger partial charge in [-0.15, -0.1) is 0 Å². The Balaban J connectivity index is 2.06. The molecule has 4 heteroatoms. The first kappa shape index (κ1) is 17.3. The van der Waals surface area contributed by atoms with Gasteiger partial charge in [-0.2, -0.15) is 0 Å². The summed E-state index contributed by atoms with van der Waals surface area (Å²) in [5.41, 5.74) is 10.2. The number of anilines is 2. The lowest BCUT2D eigenvalue weighted by Gasteiger charge is -2.09. The maximum atomic E-state index is 12.1. The van der Waals surface area contributed by atoms with Crippen molar-refractivity contribution in [3.05, 3.63) is 71.8 Å². The van der Waals surface area contributed by atoms with E-state index in [1.165, 1.54) is 6.08 Å². The SMILES string of the molecule is C=CCOc1ccc(/C=C\C(=O)Nc2c(C)cccc2C)cc1N. The molecule has 24 heavy (non-hydrogen) atoms. The average Bonchev–Trinajstić information content (AvgIpc) is 2.55. The fourth-order valence-corrected chi connectivity index (χ4v) is 2.30. The summed E-state index contributed by atoms with van der Waals surface area (Å²) in [5, 5.41) is 2.91. The minimum Gasteiger partial charge on any atom is -0.487 e. The highest BCUT2D eigenvalue weighted by Gasteiger charge is 2.05. The van der Waals surface area contributed by atoms with Gasteiger partial charge in [-0.25, -0.2) is 0 Å². The number of aryl methyl sites for hydroxylation is 2. The summed E-state index contributed by atoms with van der Waals surface area (Å²) in [5.74, 6) is 0.421. The molecular formula is C20H22N2O2. The van der Waals surface area contributed by atoms with E-state index in [2.05, 4.69) is 11.9 Å². The van der Waals surface area contributed by atoms with Crippen molar-refractivity contribution in [2.24, 2.45) is 0 Å². The van der Waals surface area contributed by atoms with Gasteiger partial charge in [-0.1, -0.05) is 36.9 Å². The Morgan fingerprint density at radius 2 is 1.96 bits per heavy atom. The van der Waals surface area contributed by atoms with E-state index in [0.29, 0.717) is 18.0 Å². The van der Waals surface area contributed by atoms with Crippen LogP contribution in [-0.2, 0) is 4.79 Å². The number of rotatable bonds is 6. The molecule has 0 saturated heterocycles. The number of para-hydroxylation sites is 1. The maximum absolute atomic E-state index is 12.1. The summed E-state index contributed by atoms with van der Waals surface area (Å²) in [6.45, 7) is 7.93. The van der Waals surface area contributed by atoms with Gasteiger partial charge in [0.25, 0.3) is 0 Å². The minimum absolute atomic E-state index is 0.182. The van der Waals surface area contributed by atoms with Crippen LogP contribution < -0.4 is 15.8 Å².